The Morgan fingerprint density at radius 3 is 2.71 bits per heavy atom. The second-order valence-corrected chi connectivity index (χ2v) is 7.94. The number of hydrogen-bond acceptors (Lipinski definition) is 6. The highest BCUT2D eigenvalue weighted by Crippen LogP contribution is 2.21. The molecule has 2 aliphatic rings. The van der Waals surface area contributed by atoms with E-state index in [1.165, 1.54) is 12.8 Å². The minimum absolute atomic E-state index is 0.200. The molecule has 0 spiro atoms. The van der Waals surface area contributed by atoms with E-state index in [4.69, 9.17) is 0 Å². The maximum absolute atomic E-state index is 12.4. The predicted octanol–water partition coefficient (Wildman–Crippen LogP) is 1.76. The maximum atomic E-state index is 12.4. The van der Waals surface area contributed by atoms with E-state index in [-0.39, 0.29) is 5.91 Å². The smallest absolute Gasteiger partial charge is 0.273 e. The molecule has 8 nitrogen and oxygen atoms in total. The Kier molecular flexibility index (Phi) is 5.85. The molecule has 0 aromatic carbocycles. The maximum Gasteiger partial charge on any atom is 0.273 e. The molecule has 0 radical (unpaired) electrons. The van der Waals surface area contributed by atoms with Crippen LogP contribution in [0, 0.1) is 5.92 Å². The van der Waals surface area contributed by atoms with Gasteiger partial charge < -0.3 is 15.5 Å². The molecule has 150 valence electrons. The molecule has 0 atom stereocenters. The van der Waals surface area contributed by atoms with E-state index in [0.29, 0.717) is 18.3 Å². The summed E-state index contributed by atoms with van der Waals surface area (Å²) in [4.78, 5) is 19.3. The Morgan fingerprint density at radius 2 is 2.00 bits per heavy atom. The highest BCUT2D eigenvalue weighted by atomic mass is 16.2. The summed E-state index contributed by atoms with van der Waals surface area (Å²) >= 11 is 0. The summed E-state index contributed by atoms with van der Waals surface area (Å²) in [6, 6.07) is 4.40. The van der Waals surface area contributed by atoms with E-state index in [1.807, 2.05) is 23.0 Å². The van der Waals surface area contributed by atoms with E-state index < -0.39 is 0 Å². The number of piperidine rings is 2. The van der Waals surface area contributed by atoms with Gasteiger partial charge in [0, 0.05) is 25.8 Å². The number of carbonyl (C=O) groups is 1. The van der Waals surface area contributed by atoms with Gasteiger partial charge in [-0.05, 0) is 56.3 Å². The SMILES string of the molecule is CC1CCN(c2ccc(CNC(=O)c3cn(C4CCNCC4)nn3)cn2)CC1. The molecule has 2 aromatic heterocycles. The lowest BCUT2D eigenvalue weighted by molar-refractivity contribution is 0.0945. The molecule has 0 bridgehead atoms. The number of aromatic nitrogens is 4. The Hall–Kier alpha value is -2.48. The molecule has 1 amide bonds. The van der Waals surface area contributed by atoms with Crippen molar-refractivity contribution in [2.24, 2.45) is 5.92 Å². The second-order valence-electron chi connectivity index (χ2n) is 7.94. The van der Waals surface area contributed by atoms with Crippen LogP contribution in [0.3, 0.4) is 0 Å². The number of carbonyl (C=O) groups excluding carboxylic acids is 1. The first-order chi connectivity index (χ1) is 13.7. The van der Waals surface area contributed by atoms with Crippen molar-refractivity contribution in [1.82, 2.24) is 30.6 Å². The first-order valence-electron chi connectivity index (χ1n) is 10.3. The monoisotopic (exact) mass is 383 g/mol. The molecule has 2 aliphatic heterocycles. The lowest BCUT2D eigenvalue weighted by Crippen LogP contribution is -2.33. The van der Waals surface area contributed by atoms with Crippen LogP contribution in [0.1, 0.15) is 54.7 Å². The summed E-state index contributed by atoms with van der Waals surface area (Å²) in [5.41, 5.74) is 1.35. The number of nitrogens with zero attached hydrogens (tertiary/aromatic N) is 5. The van der Waals surface area contributed by atoms with E-state index in [0.717, 1.165) is 56.3 Å². The quantitative estimate of drug-likeness (QED) is 0.818. The zero-order chi connectivity index (χ0) is 19.3. The molecule has 0 saturated carbocycles. The highest BCUT2D eigenvalue weighted by Gasteiger charge is 2.19. The average molecular weight is 384 g/mol. The van der Waals surface area contributed by atoms with Gasteiger partial charge in [0.25, 0.3) is 5.91 Å². The summed E-state index contributed by atoms with van der Waals surface area (Å²) in [5.74, 6) is 1.62. The summed E-state index contributed by atoms with van der Waals surface area (Å²) in [7, 11) is 0. The predicted molar refractivity (Wildman–Crippen MR) is 107 cm³/mol. The van der Waals surface area contributed by atoms with Gasteiger partial charge >= 0.3 is 0 Å². The molecular formula is C20H29N7O. The number of nitrogens with one attached hydrogen (secondary N) is 2. The third-order valence-corrected chi connectivity index (χ3v) is 5.80. The summed E-state index contributed by atoms with van der Waals surface area (Å²) in [6.07, 6.45) is 8.06. The van der Waals surface area contributed by atoms with Gasteiger partial charge in [-0.15, -0.1) is 5.10 Å². The first-order valence-corrected chi connectivity index (χ1v) is 10.3. The van der Waals surface area contributed by atoms with Crippen molar-refractivity contribution in [2.45, 2.75) is 45.2 Å². The van der Waals surface area contributed by atoms with Crippen molar-refractivity contribution in [3.05, 3.63) is 35.8 Å². The largest absolute Gasteiger partial charge is 0.357 e. The van der Waals surface area contributed by atoms with Crippen LogP contribution in [0.5, 0.6) is 0 Å². The fourth-order valence-corrected chi connectivity index (χ4v) is 3.85. The van der Waals surface area contributed by atoms with Crippen LogP contribution >= 0.6 is 0 Å². The van der Waals surface area contributed by atoms with E-state index in [9.17, 15) is 4.79 Å². The minimum atomic E-state index is -0.200. The van der Waals surface area contributed by atoms with Crippen LogP contribution in [0.4, 0.5) is 5.82 Å². The average Bonchev–Trinajstić information content (AvgIpc) is 3.24. The van der Waals surface area contributed by atoms with Gasteiger partial charge in [-0.3, -0.25) is 4.79 Å². The van der Waals surface area contributed by atoms with Crippen molar-refractivity contribution in [3.63, 3.8) is 0 Å². The van der Waals surface area contributed by atoms with Crippen molar-refractivity contribution < 1.29 is 4.79 Å². The molecule has 8 heteroatoms. The summed E-state index contributed by atoms with van der Waals surface area (Å²) in [5, 5.41) is 14.4. The number of amides is 1. The zero-order valence-corrected chi connectivity index (χ0v) is 16.5. The van der Waals surface area contributed by atoms with E-state index in [1.54, 1.807) is 6.20 Å². The Bertz CT molecular complexity index is 774. The number of hydrogen-bond donors (Lipinski definition) is 2. The molecular weight excluding hydrogens is 354 g/mol. The van der Waals surface area contributed by atoms with Crippen LogP contribution in [0.25, 0.3) is 0 Å². The topological polar surface area (TPSA) is 88.0 Å². The molecule has 2 N–H and O–H groups in total. The van der Waals surface area contributed by atoms with Crippen molar-refractivity contribution >= 4 is 11.7 Å². The van der Waals surface area contributed by atoms with E-state index in [2.05, 4.69) is 37.8 Å². The lowest BCUT2D eigenvalue weighted by Gasteiger charge is -2.31. The fraction of sp³-hybridized carbons (Fsp3) is 0.600. The van der Waals surface area contributed by atoms with E-state index >= 15 is 0 Å². The molecule has 2 fully saturated rings. The van der Waals surface area contributed by atoms with Crippen LogP contribution in [0.2, 0.25) is 0 Å². The van der Waals surface area contributed by atoms with Gasteiger partial charge in [-0.25, -0.2) is 9.67 Å². The lowest BCUT2D eigenvalue weighted by atomic mass is 9.99. The Balaban J connectivity index is 1.29. The van der Waals surface area contributed by atoms with Gasteiger partial charge in [0.1, 0.15) is 5.82 Å². The third kappa shape index (κ3) is 4.49. The fourth-order valence-electron chi connectivity index (χ4n) is 3.85. The van der Waals surface area contributed by atoms with Gasteiger partial charge in [-0.1, -0.05) is 18.2 Å². The molecule has 4 heterocycles. The number of rotatable bonds is 5. The van der Waals surface area contributed by atoms with Gasteiger partial charge in [0.05, 0.1) is 12.2 Å². The van der Waals surface area contributed by atoms with Crippen molar-refractivity contribution in [2.75, 3.05) is 31.1 Å². The van der Waals surface area contributed by atoms with Crippen molar-refractivity contribution in [1.29, 1.82) is 0 Å². The second kappa shape index (κ2) is 8.68. The summed E-state index contributed by atoms with van der Waals surface area (Å²) < 4.78 is 1.82. The molecule has 28 heavy (non-hydrogen) atoms. The molecule has 0 aliphatic carbocycles. The first kappa shape index (κ1) is 18.9. The standard InChI is InChI=1S/C20H29N7O/c1-15-6-10-26(11-7-15)19-3-2-16(12-22-19)13-23-20(28)18-14-27(25-24-18)17-4-8-21-9-5-17/h2-3,12,14-15,17,21H,4-11,13H2,1H3,(H,23,28). The van der Waals surface area contributed by atoms with Crippen LogP contribution in [-0.4, -0.2) is 52.1 Å². The third-order valence-electron chi connectivity index (χ3n) is 5.80. The van der Waals surface area contributed by atoms with Gasteiger partial charge in [-0.2, -0.15) is 0 Å². The van der Waals surface area contributed by atoms with Crippen molar-refractivity contribution in [3.8, 4) is 0 Å². The Labute approximate surface area is 165 Å². The zero-order valence-electron chi connectivity index (χ0n) is 16.5. The molecule has 2 saturated heterocycles. The Morgan fingerprint density at radius 1 is 1.21 bits per heavy atom. The molecule has 0 unspecified atom stereocenters. The van der Waals surface area contributed by atoms with Crippen LogP contribution < -0.4 is 15.5 Å². The minimum Gasteiger partial charge on any atom is -0.357 e. The summed E-state index contributed by atoms with van der Waals surface area (Å²) in [6.45, 7) is 6.83. The van der Waals surface area contributed by atoms with Crippen LogP contribution in [-0.2, 0) is 6.54 Å². The van der Waals surface area contributed by atoms with Crippen LogP contribution in [0.15, 0.2) is 24.5 Å². The molecule has 4 rings (SSSR count). The highest BCUT2D eigenvalue weighted by molar-refractivity contribution is 5.91. The number of pyridine rings is 1. The number of anilines is 1. The van der Waals surface area contributed by atoms with Gasteiger partial charge in [0.15, 0.2) is 5.69 Å². The normalized spacial score (nSPS) is 19.0. The van der Waals surface area contributed by atoms with Gasteiger partial charge in [0.2, 0.25) is 0 Å². The molecule has 2 aromatic rings.